The Morgan fingerprint density at radius 1 is 1.24 bits per heavy atom. The van der Waals surface area contributed by atoms with Crippen LogP contribution in [0.4, 0.5) is 0 Å². The molecule has 1 amide bonds. The van der Waals surface area contributed by atoms with Crippen molar-refractivity contribution < 1.29 is 29.3 Å². The van der Waals surface area contributed by atoms with Gasteiger partial charge in [0.05, 0.1) is 6.42 Å². The molecule has 0 heterocycles. The predicted octanol–water partition coefficient (Wildman–Crippen LogP) is -0.297. The first-order valence-electron chi connectivity index (χ1n) is 5.09. The van der Waals surface area contributed by atoms with E-state index in [0.717, 1.165) is 0 Å². The van der Waals surface area contributed by atoms with Gasteiger partial charge in [-0.25, -0.2) is 4.79 Å². The first-order valence-corrected chi connectivity index (χ1v) is 5.09. The number of carbonyl (C=O) groups is 3. The number of amides is 1. The van der Waals surface area contributed by atoms with E-state index in [1.807, 2.05) is 0 Å². The summed E-state index contributed by atoms with van der Waals surface area (Å²) in [7, 11) is 1.50. The van der Waals surface area contributed by atoms with E-state index < -0.39 is 30.3 Å². The Hall–Kier alpha value is -1.63. The molecule has 0 aromatic heterocycles. The number of carboxylic acid groups (broad SMARTS) is 2. The lowest BCUT2D eigenvalue weighted by atomic mass is 10.1. The van der Waals surface area contributed by atoms with Crippen LogP contribution in [0.15, 0.2) is 0 Å². The van der Waals surface area contributed by atoms with Crippen molar-refractivity contribution in [3.63, 3.8) is 0 Å². The van der Waals surface area contributed by atoms with Crippen LogP contribution in [0.2, 0.25) is 0 Å². The van der Waals surface area contributed by atoms with E-state index in [0.29, 0.717) is 6.61 Å². The number of aliphatic carboxylic acids is 2. The normalized spacial score (nSPS) is 13.8. The molecule has 0 aromatic rings. The van der Waals surface area contributed by atoms with Crippen molar-refractivity contribution in [2.24, 2.45) is 5.92 Å². The van der Waals surface area contributed by atoms with Gasteiger partial charge in [0.2, 0.25) is 5.91 Å². The monoisotopic (exact) mass is 247 g/mol. The largest absolute Gasteiger partial charge is 0.481 e. The van der Waals surface area contributed by atoms with Gasteiger partial charge in [0, 0.05) is 20.1 Å². The number of rotatable bonds is 8. The summed E-state index contributed by atoms with van der Waals surface area (Å²) in [4.78, 5) is 32.5. The molecular formula is C10H17NO6. The Morgan fingerprint density at radius 2 is 1.82 bits per heavy atom. The Labute approximate surface area is 98.8 Å². The molecule has 0 radical (unpaired) electrons. The van der Waals surface area contributed by atoms with Gasteiger partial charge in [-0.1, -0.05) is 6.92 Å². The third kappa shape index (κ3) is 7.29. The van der Waals surface area contributed by atoms with Crippen molar-refractivity contribution in [1.29, 1.82) is 0 Å². The van der Waals surface area contributed by atoms with E-state index >= 15 is 0 Å². The zero-order valence-corrected chi connectivity index (χ0v) is 9.80. The molecule has 0 aromatic carbocycles. The lowest BCUT2D eigenvalue weighted by molar-refractivity contribution is -0.147. The minimum Gasteiger partial charge on any atom is -0.481 e. The number of hydrogen-bond donors (Lipinski definition) is 3. The maximum atomic E-state index is 11.4. The number of carboxylic acids is 2. The zero-order valence-electron chi connectivity index (χ0n) is 9.80. The molecular weight excluding hydrogens is 230 g/mol. The molecule has 2 atom stereocenters. The predicted molar refractivity (Wildman–Crippen MR) is 57.5 cm³/mol. The van der Waals surface area contributed by atoms with Gasteiger partial charge in [-0.05, 0) is 5.92 Å². The minimum absolute atomic E-state index is 0.0562. The highest BCUT2D eigenvalue weighted by atomic mass is 16.5. The molecule has 1 unspecified atom stereocenters. The summed E-state index contributed by atoms with van der Waals surface area (Å²) in [5.41, 5.74) is 0. The maximum Gasteiger partial charge on any atom is 0.326 e. The zero-order chi connectivity index (χ0) is 13.4. The molecule has 0 aliphatic rings. The molecule has 0 rings (SSSR count). The number of ether oxygens (including phenoxy) is 1. The van der Waals surface area contributed by atoms with Crippen molar-refractivity contribution in [3.8, 4) is 0 Å². The van der Waals surface area contributed by atoms with Crippen LogP contribution in [0.1, 0.15) is 19.8 Å². The average Bonchev–Trinajstić information content (AvgIpc) is 2.15. The highest BCUT2D eigenvalue weighted by molar-refractivity contribution is 5.86. The van der Waals surface area contributed by atoms with Gasteiger partial charge in [-0.2, -0.15) is 0 Å². The lowest BCUT2D eigenvalue weighted by Crippen LogP contribution is -2.42. The van der Waals surface area contributed by atoms with E-state index in [-0.39, 0.29) is 12.3 Å². The molecule has 7 nitrogen and oxygen atoms in total. The van der Waals surface area contributed by atoms with E-state index in [4.69, 9.17) is 14.9 Å². The van der Waals surface area contributed by atoms with Gasteiger partial charge >= 0.3 is 11.9 Å². The van der Waals surface area contributed by atoms with Gasteiger partial charge in [-0.3, -0.25) is 9.59 Å². The van der Waals surface area contributed by atoms with E-state index in [1.165, 1.54) is 7.11 Å². The van der Waals surface area contributed by atoms with Gasteiger partial charge in [0.15, 0.2) is 0 Å². The average molecular weight is 247 g/mol. The van der Waals surface area contributed by atoms with Crippen molar-refractivity contribution in [1.82, 2.24) is 5.32 Å². The molecule has 7 heteroatoms. The van der Waals surface area contributed by atoms with Crippen LogP contribution in [0.5, 0.6) is 0 Å². The van der Waals surface area contributed by atoms with E-state index in [2.05, 4.69) is 5.32 Å². The van der Waals surface area contributed by atoms with Gasteiger partial charge < -0.3 is 20.3 Å². The SMILES string of the molecule is COCC(C)CC(=O)N[C@@H](CC(=O)O)C(=O)O. The van der Waals surface area contributed by atoms with Gasteiger partial charge in [-0.15, -0.1) is 0 Å². The van der Waals surface area contributed by atoms with Crippen LogP contribution in [-0.4, -0.2) is 47.8 Å². The number of hydrogen-bond acceptors (Lipinski definition) is 4. The van der Waals surface area contributed by atoms with Gasteiger partial charge in [0.1, 0.15) is 6.04 Å². The number of carbonyl (C=O) groups excluding carboxylic acids is 1. The molecule has 0 spiro atoms. The number of nitrogens with one attached hydrogen (secondary N) is 1. The summed E-state index contributed by atoms with van der Waals surface area (Å²) in [5, 5.41) is 19.3. The van der Waals surface area contributed by atoms with Crippen molar-refractivity contribution >= 4 is 17.8 Å². The van der Waals surface area contributed by atoms with Crippen LogP contribution in [0, 0.1) is 5.92 Å². The molecule has 0 aliphatic carbocycles. The molecule has 3 N–H and O–H groups in total. The summed E-state index contributed by atoms with van der Waals surface area (Å²) in [5.74, 6) is -3.19. The molecule has 0 saturated heterocycles. The smallest absolute Gasteiger partial charge is 0.326 e. The molecule has 0 bridgehead atoms. The second kappa shape index (κ2) is 7.61. The summed E-state index contributed by atoms with van der Waals surface area (Å²) < 4.78 is 4.83. The summed E-state index contributed by atoms with van der Waals surface area (Å²) >= 11 is 0. The quantitative estimate of drug-likeness (QED) is 0.543. The molecule has 0 saturated carbocycles. The van der Waals surface area contributed by atoms with Crippen LogP contribution in [0.3, 0.4) is 0 Å². The van der Waals surface area contributed by atoms with Gasteiger partial charge in [0.25, 0.3) is 0 Å². The third-order valence-corrected chi connectivity index (χ3v) is 2.00. The molecule has 0 aliphatic heterocycles. The molecule has 0 fully saturated rings. The highest BCUT2D eigenvalue weighted by Crippen LogP contribution is 2.03. The van der Waals surface area contributed by atoms with Crippen LogP contribution in [0.25, 0.3) is 0 Å². The second-order valence-electron chi connectivity index (χ2n) is 3.82. The Balaban J connectivity index is 4.21. The standard InChI is InChI=1S/C10H17NO6/c1-6(5-17-2)3-8(12)11-7(10(15)16)4-9(13)14/h6-7H,3-5H2,1-2H3,(H,11,12)(H,13,14)(H,15,16)/t6?,7-/m0/s1. The Morgan fingerprint density at radius 3 is 2.24 bits per heavy atom. The molecule has 17 heavy (non-hydrogen) atoms. The summed E-state index contributed by atoms with van der Waals surface area (Å²) in [6, 6.07) is -1.39. The first kappa shape index (κ1) is 15.4. The number of methoxy groups -OCH3 is 1. The summed E-state index contributed by atoms with van der Waals surface area (Å²) in [6.07, 6.45) is -0.545. The fraction of sp³-hybridized carbons (Fsp3) is 0.700. The van der Waals surface area contributed by atoms with Crippen molar-refractivity contribution in [3.05, 3.63) is 0 Å². The Bertz CT molecular complexity index is 291. The highest BCUT2D eigenvalue weighted by Gasteiger charge is 2.23. The lowest BCUT2D eigenvalue weighted by Gasteiger charge is -2.14. The maximum absolute atomic E-state index is 11.4. The van der Waals surface area contributed by atoms with Crippen LogP contribution < -0.4 is 5.32 Å². The third-order valence-electron chi connectivity index (χ3n) is 2.00. The first-order chi connectivity index (χ1) is 7.86. The Kier molecular flexibility index (Phi) is 6.88. The van der Waals surface area contributed by atoms with Crippen LogP contribution >= 0.6 is 0 Å². The summed E-state index contributed by atoms with van der Waals surface area (Å²) in [6.45, 7) is 2.15. The fourth-order valence-corrected chi connectivity index (χ4v) is 1.29. The van der Waals surface area contributed by atoms with Crippen LogP contribution in [-0.2, 0) is 19.1 Å². The fourth-order valence-electron chi connectivity index (χ4n) is 1.29. The van der Waals surface area contributed by atoms with Crippen molar-refractivity contribution in [2.45, 2.75) is 25.8 Å². The second-order valence-corrected chi connectivity index (χ2v) is 3.82. The van der Waals surface area contributed by atoms with E-state index in [1.54, 1.807) is 6.92 Å². The van der Waals surface area contributed by atoms with Crippen molar-refractivity contribution in [2.75, 3.05) is 13.7 Å². The topological polar surface area (TPSA) is 113 Å². The minimum atomic E-state index is -1.39. The molecule has 98 valence electrons. The van der Waals surface area contributed by atoms with E-state index in [9.17, 15) is 14.4 Å².